The van der Waals surface area contributed by atoms with Crippen LogP contribution in [0.1, 0.15) is 22.0 Å². The summed E-state index contributed by atoms with van der Waals surface area (Å²) in [5.41, 5.74) is 0.856. The van der Waals surface area contributed by atoms with E-state index in [2.05, 4.69) is 5.32 Å². The summed E-state index contributed by atoms with van der Waals surface area (Å²) in [5.74, 6) is -1.56. The number of ketones is 1. The predicted molar refractivity (Wildman–Crippen MR) is 89.8 cm³/mol. The molecule has 2 aliphatic heterocycles. The molecule has 2 unspecified atom stereocenters. The molecule has 2 aromatic rings. The van der Waals surface area contributed by atoms with Crippen LogP contribution in [0.2, 0.25) is 0 Å². The van der Waals surface area contributed by atoms with E-state index in [0.29, 0.717) is 11.1 Å². The van der Waals surface area contributed by atoms with Gasteiger partial charge in [-0.15, -0.1) is 11.6 Å². The van der Waals surface area contributed by atoms with Gasteiger partial charge in [-0.25, -0.2) is 8.42 Å². The lowest BCUT2D eigenvalue weighted by Gasteiger charge is -2.26. The van der Waals surface area contributed by atoms with Gasteiger partial charge in [0.25, 0.3) is 5.91 Å². The van der Waals surface area contributed by atoms with Crippen molar-refractivity contribution in [2.24, 2.45) is 0 Å². The van der Waals surface area contributed by atoms with E-state index in [1.807, 2.05) is 0 Å². The van der Waals surface area contributed by atoms with Crippen LogP contribution in [0.15, 0.2) is 59.5 Å². The van der Waals surface area contributed by atoms with Crippen LogP contribution >= 0.6 is 11.6 Å². The molecule has 7 heteroatoms. The number of hydrogen-bond acceptors (Lipinski definition) is 4. The topological polar surface area (TPSA) is 80.3 Å². The van der Waals surface area contributed by atoms with Crippen molar-refractivity contribution in [3.8, 4) is 0 Å². The lowest BCUT2D eigenvalue weighted by atomic mass is 10.0. The van der Waals surface area contributed by atoms with Crippen molar-refractivity contribution in [3.05, 3.63) is 65.7 Å². The molecule has 0 saturated carbocycles. The fourth-order valence-electron chi connectivity index (χ4n) is 2.78. The number of Topliss-reactive ketones (excluding diaryl/α,β-unsaturated/α-hetero) is 1. The summed E-state index contributed by atoms with van der Waals surface area (Å²) in [7, 11) is -4.01. The Kier molecular flexibility index (Phi) is 4.43. The molecule has 0 spiro atoms. The first-order chi connectivity index (χ1) is 11.4. The average molecular weight is 364 g/mol. The summed E-state index contributed by atoms with van der Waals surface area (Å²) in [6, 6.07) is 13.1. The molecule has 0 fully saturated rings. The third-order valence-corrected chi connectivity index (χ3v) is 6.37. The Bertz CT molecular complexity index is 879. The minimum absolute atomic E-state index is 0.00727. The summed E-state index contributed by atoms with van der Waals surface area (Å²) in [5, 5.41) is 1.19. The van der Waals surface area contributed by atoms with Crippen molar-refractivity contribution in [3.63, 3.8) is 0 Å². The predicted octanol–water partition coefficient (Wildman–Crippen LogP) is 2.12. The number of rotatable bonds is 3. The first-order valence-corrected chi connectivity index (χ1v) is 9.31. The van der Waals surface area contributed by atoms with Crippen LogP contribution < -0.4 is 5.32 Å². The van der Waals surface area contributed by atoms with Crippen molar-refractivity contribution >= 4 is 33.1 Å². The second-order valence-corrected chi connectivity index (χ2v) is 7.79. The Morgan fingerprint density at radius 2 is 1.67 bits per heavy atom. The molecule has 0 radical (unpaired) electrons. The number of benzene rings is 2. The van der Waals surface area contributed by atoms with Gasteiger partial charge in [-0.2, -0.15) is 0 Å². The number of carbonyl (C=O) groups excluding carboxylic acids is 2. The van der Waals surface area contributed by atoms with E-state index in [-0.39, 0.29) is 4.90 Å². The van der Waals surface area contributed by atoms with E-state index in [9.17, 15) is 18.0 Å². The number of hydrogen-bond donors (Lipinski definition) is 1. The Balaban J connectivity index is 2.24. The van der Waals surface area contributed by atoms with Crippen molar-refractivity contribution in [1.29, 1.82) is 0 Å². The van der Waals surface area contributed by atoms with Crippen LogP contribution in [0.4, 0.5) is 0 Å². The Morgan fingerprint density at radius 3 is 2.25 bits per heavy atom. The summed E-state index contributed by atoms with van der Waals surface area (Å²) in [4.78, 5) is 24.8. The highest BCUT2D eigenvalue weighted by atomic mass is 35.5. The number of alkyl halides is 1. The van der Waals surface area contributed by atoms with Crippen molar-refractivity contribution < 1.29 is 18.0 Å². The van der Waals surface area contributed by atoms with Crippen LogP contribution in [0.3, 0.4) is 0 Å². The van der Waals surface area contributed by atoms with E-state index in [1.165, 1.54) is 24.3 Å². The van der Waals surface area contributed by atoms with Gasteiger partial charge in [0.2, 0.25) is 0 Å². The lowest BCUT2D eigenvalue weighted by molar-refractivity contribution is -0.116. The highest BCUT2D eigenvalue weighted by Gasteiger charge is 2.42. The van der Waals surface area contributed by atoms with Crippen LogP contribution in [-0.2, 0) is 14.6 Å². The van der Waals surface area contributed by atoms with Crippen molar-refractivity contribution in [2.45, 2.75) is 16.2 Å². The fraction of sp³-hybridized carbons (Fsp3) is 0.176. The van der Waals surface area contributed by atoms with Crippen molar-refractivity contribution in [1.82, 2.24) is 5.32 Å². The Hall–Kier alpha value is -2.18. The molecule has 2 bridgehead atoms. The lowest BCUT2D eigenvalue weighted by Crippen LogP contribution is -2.44. The Labute approximate surface area is 144 Å². The molecular formula is C17H14ClNO4S. The normalized spacial score (nSPS) is 22.1. The van der Waals surface area contributed by atoms with Gasteiger partial charge in [-0.3, -0.25) is 9.59 Å². The van der Waals surface area contributed by atoms with E-state index in [1.54, 1.807) is 30.3 Å². The molecule has 2 aliphatic rings. The zero-order valence-corrected chi connectivity index (χ0v) is 14.0. The van der Waals surface area contributed by atoms with Crippen LogP contribution in [0, 0.1) is 0 Å². The molecule has 0 saturated heterocycles. The molecule has 2 aromatic carbocycles. The zero-order valence-electron chi connectivity index (χ0n) is 12.5. The molecule has 0 aromatic heterocycles. The summed E-state index contributed by atoms with van der Waals surface area (Å²) in [6.45, 7) is 0. The van der Waals surface area contributed by atoms with Crippen LogP contribution in [-0.4, -0.2) is 31.2 Å². The van der Waals surface area contributed by atoms with Gasteiger partial charge in [0.1, 0.15) is 5.25 Å². The molecule has 0 aliphatic carbocycles. The first-order valence-electron chi connectivity index (χ1n) is 7.23. The van der Waals surface area contributed by atoms with Gasteiger partial charge in [0, 0.05) is 5.56 Å². The van der Waals surface area contributed by atoms with E-state index >= 15 is 0 Å². The fourth-order valence-corrected chi connectivity index (χ4v) is 4.85. The smallest absolute Gasteiger partial charge is 0.251 e. The maximum Gasteiger partial charge on any atom is 0.251 e. The van der Waals surface area contributed by atoms with Gasteiger partial charge in [-0.1, -0.05) is 30.3 Å². The highest BCUT2D eigenvalue weighted by molar-refractivity contribution is 7.92. The Morgan fingerprint density at radius 1 is 1.04 bits per heavy atom. The number of fused-ring (bicyclic) bond motifs is 6. The maximum atomic E-state index is 13.0. The number of halogens is 1. The zero-order chi connectivity index (χ0) is 17.3. The molecule has 2 atom stereocenters. The van der Waals surface area contributed by atoms with Gasteiger partial charge < -0.3 is 5.32 Å². The summed E-state index contributed by atoms with van der Waals surface area (Å²) >= 11 is 5.66. The number of carbonyl (C=O) groups is 2. The van der Waals surface area contributed by atoms with E-state index in [0.717, 1.165) is 0 Å². The molecule has 1 N–H and O–H groups in total. The second-order valence-electron chi connectivity index (χ2n) is 5.45. The van der Waals surface area contributed by atoms with Crippen LogP contribution in [0.5, 0.6) is 0 Å². The number of amides is 1. The first kappa shape index (κ1) is 16.7. The molecule has 124 valence electrons. The quantitative estimate of drug-likeness (QED) is 0.847. The van der Waals surface area contributed by atoms with Gasteiger partial charge in [0.15, 0.2) is 15.6 Å². The van der Waals surface area contributed by atoms with Crippen LogP contribution in [0.25, 0.3) is 0 Å². The monoisotopic (exact) mass is 363 g/mol. The second kappa shape index (κ2) is 6.37. The third kappa shape index (κ3) is 2.83. The molecule has 1 amide bonds. The third-order valence-electron chi connectivity index (χ3n) is 3.98. The van der Waals surface area contributed by atoms with Crippen molar-refractivity contribution in [2.75, 3.05) is 5.88 Å². The van der Waals surface area contributed by atoms with E-state index in [4.69, 9.17) is 11.6 Å². The van der Waals surface area contributed by atoms with Gasteiger partial charge in [-0.05, 0) is 29.8 Å². The largest absolute Gasteiger partial charge is 0.343 e. The number of sulfone groups is 1. The van der Waals surface area contributed by atoms with Gasteiger partial charge >= 0.3 is 0 Å². The molecule has 4 rings (SSSR count). The number of nitrogens with one attached hydrogen (secondary N) is 1. The minimum Gasteiger partial charge on any atom is -0.343 e. The molecule has 24 heavy (non-hydrogen) atoms. The summed E-state index contributed by atoms with van der Waals surface area (Å²) < 4.78 is 26.0. The highest BCUT2D eigenvalue weighted by Crippen LogP contribution is 2.30. The maximum absolute atomic E-state index is 13.0. The molecule has 2 heterocycles. The van der Waals surface area contributed by atoms with Gasteiger partial charge in [0.05, 0.1) is 16.8 Å². The molecular weight excluding hydrogens is 350 g/mol. The van der Waals surface area contributed by atoms with E-state index < -0.39 is 38.7 Å². The standard InChI is InChI=1S/C17H14ClNO4S/c18-10-14(20)16-15(11-4-2-1-3-5-11)19-17(21)12-6-8-13(9-7-12)24(16,22)23/h1-9,15-16H,10H2,(H,19,21). The molecule has 5 nitrogen and oxygen atoms in total. The summed E-state index contributed by atoms with van der Waals surface area (Å²) in [6.07, 6.45) is 0. The average Bonchev–Trinajstić information content (AvgIpc) is 2.67. The SMILES string of the molecule is O=C1NC(c2ccccc2)C(C(=O)CCl)S(=O)(=O)c2ccc1cc2. The minimum atomic E-state index is -4.01.